The summed E-state index contributed by atoms with van der Waals surface area (Å²) in [5.41, 5.74) is 5.86. The minimum Gasteiger partial charge on any atom is -0.378 e. The second-order valence-electron chi connectivity index (χ2n) is 2.49. The Labute approximate surface area is 87.9 Å². The van der Waals surface area contributed by atoms with Gasteiger partial charge in [-0.3, -0.25) is 10.1 Å². The van der Waals surface area contributed by atoms with Crippen LogP contribution in [0.15, 0.2) is 24.3 Å². The second kappa shape index (κ2) is 6.17. The number of benzene rings is 1. The number of nitrogens with zero attached hydrogens (tertiary/aromatic N) is 1. The van der Waals surface area contributed by atoms with Gasteiger partial charge in [0.05, 0.1) is 4.92 Å². The highest BCUT2D eigenvalue weighted by molar-refractivity contribution is 5.85. The summed E-state index contributed by atoms with van der Waals surface area (Å²) in [5.74, 6) is 0. The third kappa shape index (κ3) is 3.20. The molecule has 0 aromatic heterocycles. The van der Waals surface area contributed by atoms with Crippen LogP contribution in [0.5, 0.6) is 0 Å². The van der Waals surface area contributed by atoms with E-state index in [1.165, 1.54) is 6.07 Å². The second-order valence-corrected chi connectivity index (χ2v) is 2.49. The number of anilines is 1. The lowest BCUT2D eigenvalue weighted by Gasteiger charge is -2.04. The Hall–Kier alpha value is -1.33. The highest BCUT2D eigenvalue weighted by Crippen LogP contribution is 2.22. The molecule has 14 heavy (non-hydrogen) atoms. The first-order chi connectivity index (χ1) is 6.25. The molecule has 0 spiro atoms. The molecule has 0 saturated heterocycles. The Morgan fingerprint density at radius 3 is 2.64 bits per heavy atom. The van der Waals surface area contributed by atoms with Gasteiger partial charge in [0.25, 0.3) is 5.69 Å². The molecule has 0 radical (unpaired) electrons. The molecule has 0 unspecified atom stereocenters. The SMILES string of the molecule is Cl.NCCNc1ccccc1[N+](=O)[O-]. The number of hydrogen-bond donors (Lipinski definition) is 2. The Balaban J connectivity index is 0.00000169. The number of nitro groups is 1. The van der Waals surface area contributed by atoms with Crippen molar-refractivity contribution in [1.29, 1.82) is 0 Å². The summed E-state index contributed by atoms with van der Waals surface area (Å²) in [5, 5.41) is 13.4. The molecular formula is C8H12ClN3O2. The molecule has 0 aliphatic heterocycles. The van der Waals surface area contributed by atoms with Gasteiger partial charge in [0.15, 0.2) is 0 Å². The van der Waals surface area contributed by atoms with Crippen LogP contribution < -0.4 is 11.1 Å². The lowest BCUT2D eigenvalue weighted by molar-refractivity contribution is -0.384. The molecule has 0 heterocycles. The molecular weight excluding hydrogens is 206 g/mol. The Bertz CT molecular complexity index is 306. The maximum atomic E-state index is 10.5. The van der Waals surface area contributed by atoms with Crippen molar-refractivity contribution >= 4 is 23.8 Å². The van der Waals surface area contributed by atoms with E-state index in [4.69, 9.17) is 5.73 Å². The van der Waals surface area contributed by atoms with Crippen LogP contribution in [0.2, 0.25) is 0 Å². The molecule has 0 amide bonds. The monoisotopic (exact) mass is 217 g/mol. The molecule has 0 aliphatic rings. The fraction of sp³-hybridized carbons (Fsp3) is 0.250. The Kier molecular flexibility index (Phi) is 5.59. The normalized spacial score (nSPS) is 8.93. The zero-order valence-electron chi connectivity index (χ0n) is 7.47. The predicted molar refractivity (Wildman–Crippen MR) is 57.9 cm³/mol. The van der Waals surface area contributed by atoms with Crippen LogP contribution >= 0.6 is 12.4 Å². The number of nitrogens with one attached hydrogen (secondary N) is 1. The van der Waals surface area contributed by atoms with Crippen LogP contribution in [0.4, 0.5) is 11.4 Å². The highest BCUT2D eigenvalue weighted by Gasteiger charge is 2.10. The molecule has 0 aliphatic carbocycles. The van der Waals surface area contributed by atoms with Crippen molar-refractivity contribution in [2.45, 2.75) is 0 Å². The van der Waals surface area contributed by atoms with Crippen molar-refractivity contribution in [2.24, 2.45) is 5.73 Å². The third-order valence-electron chi connectivity index (χ3n) is 1.56. The van der Waals surface area contributed by atoms with Gasteiger partial charge in [0.1, 0.15) is 5.69 Å². The molecule has 78 valence electrons. The van der Waals surface area contributed by atoms with Gasteiger partial charge in [-0.2, -0.15) is 0 Å². The van der Waals surface area contributed by atoms with Gasteiger partial charge < -0.3 is 11.1 Å². The van der Waals surface area contributed by atoms with Crippen LogP contribution in [0, 0.1) is 10.1 Å². The van der Waals surface area contributed by atoms with Gasteiger partial charge in [0.2, 0.25) is 0 Å². The number of nitrogens with two attached hydrogens (primary N) is 1. The summed E-state index contributed by atoms with van der Waals surface area (Å²) in [6, 6.07) is 6.49. The van der Waals surface area contributed by atoms with Crippen molar-refractivity contribution in [2.75, 3.05) is 18.4 Å². The van der Waals surface area contributed by atoms with Crippen molar-refractivity contribution in [3.8, 4) is 0 Å². The maximum Gasteiger partial charge on any atom is 0.292 e. The van der Waals surface area contributed by atoms with E-state index in [1.807, 2.05) is 0 Å². The lowest BCUT2D eigenvalue weighted by atomic mass is 10.2. The third-order valence-corrected chi connectivity index (χ3v) is 1.56. The van der Waals surface area contributed by atoms with Crippen molar-refractivity contribution in [3.63, 3.8) is 0 Å². The molecule has 3 N–H and O–H groups in total. The fourth-order valence-electron chi connectivity index (χ4n) is 0.989. The van der Waals surface area contributed by atoms with E-state index in [2.05, 4.69) is 5.32 Å². The zero-order chi connectivity index (χ0) is 9.68. The molecule has 0 fully saturated rings. The van der Waals surface area contributed by atoms with E-state index in [0.29, 0.717) is 18.8 Å². The summed E-state index contributed by atoms with van der Waals surface area (Å²) >= 11 is 0. The van der Waals surface area contributed by atoms with Crippen molar-refractivity contribution < 1.29 is 4.92 Å². The smallest absolute Gasteiger partial charge is 0.292 e. The molecule has 1 rings (SSSR count). The predicted octanol–water partition coefficient (Wildman–Crippen LogP) is 1.39. The first kappa shape index (κ1) is 12.7. The van der Waals surface area contributed by atoms with Gasteiger partial charge in [-0.05, 0) is 6.07 Å². The Morgan fingerprint density at radius 1 is 1.43 bits per heavy atom. The number of rotatable bonds is 4. The van der Waals surface area contributed by atoms with Crippen LogP contribution in [0.1, 0.15) is 0 Å². The number of para-hydroxylation sites is 2. The van der Waals surface area contributed by atoms with Crippen LogP contribution in [0.25, 0.3) is 0 Å². The van der Waals surface area contributed by atoms with E-state index in [9.17, 15) is 10.1 Å². The quantitative estimate of drug-likeness (QED) is 0.590. The van der Waals surface area contributed by atoms with Gasteiger partial charge in [-0.1, -0.05) is 12.1 Å². The molecule has 6 heteroatoms. The molecule has 0 atom stereocenters. The number of nitro benzene ring substituents is 1. The van der Waals surface area contributed by atoms with E-state index in [1.54, 1.807) is 18.2 Å². The van der Waals surface area contributed by atoms with Crippen molar-refractivity contribution in [1.82, 2.24) is 0 Å². The number of halogens is 1. The van der Waals surface area contributed by atoms with Gasteiger partial charge in [0, 0.05) is 19.2 Å². The Morgan fingerprint density at radius 2 is 2.07 bits per heavy atom. The lowest BCUT2D eigenvalue weighted by Crippen LogP contribution is -2.13. The number of hydrogen-bond acceptors (Lipinski definition) is 4. The molecule has 0 saturated carbocycles. The van der Waals surface area contributed by atoms with Gasteiger partial charge in [-0.15, -0.1) is 12.4 Å². The van der Waals surface area contributed by atoms with E-state index >= 15 is 0 Å². The largest absolute Gasteiger partial charge is 0.378 e. The van der Waals surface area contributed by atoms with E-state index < -0.39 is 4.92 Å². The molecule has 1 aromatic carbocycles. The van der Waals surface area contributed by atoms with Gasteiger partial charge in [-0.25, -0.2) is 0 Å². The minimum atomic E-state index is -0.418. The summed E-state index contributed by atoms with van der Waals surface area (Å²) in [4.78, 5) is 10.1. The average Bonchev–Trinajstić information content (AvgIpc) is 2.15. The van der Waals surface area contributed by atoms with Gasteiger partial charge >= 0.3 is 0 Å². The van der Waals surface area contributed by atoms with Crippen LogP contribution in [0.3, 0.4) is 0 Å². The van der Waals surface area contributed by atoms with Crippen LogP contribution in [-0.4, -0.2) is 18.0 Å². The molecule has 5 nitrogen and oxygen atoms in total. The van der Waals surface area contributed by atoms with E-state index in [0.717, 1.165) is 0 Å². The average molecular weight is 218 g/mol. The summed E-state index contributed by atoms with van der Waals surface area (Å²) in [7, 11) is 0. The molecule has 0 bridgehead atoms. The summed E-state index contributed by atoms with van der Waals surface area (Å²) < 4.78 is 0. The highest BCUT2D eigenvalue weighted by atomic mass is 35.5. The first-order valence-corrected chi connectivity index (χ1v) is 3.93. The van der Waals surface area contributed by atoms with Crippen LogP contribution in [-0.2, 0) is 0 Å². The minimum absolute atomic E-state index is 0. The summed E-state index contributed by atoms with van der Waals surface area (Å²) in [6.45, 7) is 0.983. The first-order valence-electron chi connectivity index (χ1n) is 3.93. The van der Waals surface area contributed by atoms with E-state index in [-0.39, 0.29) is 18.1 Å². The maximum absolute atomic E-state index is 10.5. The standard InChI is InChI=1S/C8H11N3O2.ClH/c9-5-6-10-7-3-1-2-4-8(7)11(12)13;/h1-4,10H,5-6,9H2;1H. The van der Waals surface area contributed by atoms with Crippen molar-refractivity contribution in [3.05, 3.63) is 34.4 Å². The fourth-order valence-corrected chi connectivity index (χ4v) is 0.989. The zero-order valence-corrected chi connectivity index (χ0v) is 8.29. The molecule has 1 aromatic rings. The summed E-state index contributed by atoms with van der Waals surface area (Å²) in [6.07, 6.45) is 0. The topological polar surface area (TPSA) is 81.2 Å².